The Morgan fingerprint density at radius 1 is 1.65 bits per heavy atom. The van der Waals surface area contributed by atoms with Crippen molar-refractivity contribution in [3.8, 4) is 0 Å². The van der Waals surface area contributed by atoms with Gasteiger partial charge in [0.25, 0.3) is 0 Å². The summed E-state index contributed by atoms with van der Waals surface area (Å²) in [6.45, 7) is 0.595. The fourth-order valence-electron chi connectivity index (χ4n) is 2.01. The monoisotopic (exact) mass is 238 g/mol. The van der Waals surface area contributed by atoms with E-state index in [-0.39, 0.29) is 19.1 Å². The van der Waals surface area contributed by atoms with E-state index in [9.17, 15) is 4.79 Å². The normalized spacial score (nSPS) is 15.6. The standard InChI is InChI=1S/C11H18N4O2/c12-9-6-13-14(7-9)8-11(17)15(4-5-16)10-2-1-3-10/h6-7,10,16H,1-5,8,12H2. The molecule has 0 spiro atoms. The molecule has 6 heteroatoms. The zero-order valence-electron chi connectivity index (χ0n) is 9.75. The summed E-state index contributed by atoms with van der Waals surface area (Å²) in [5, 5.41) is 13.0. The molecule has 1 amide bonds. The molecule has 1 aliphatic carbocycles. The van der Waals surface area contributed by atoms with Crippen LogP contribution in [0, 0.1) is 0 Å². The number of hydrogen-bond acceptors (Lipinski definition) is 4. The molecule has 0 atom stereocenters. The Morgan fingerprint density at radius 2 is 2.41 bits per heavy atom. The number of hydrogen-bond donors (Lipinski definition) is 2. The van der Waals surface area contributed by atoms with E-state index in [0.29, 0.717) is 18.3 Å². The van der Waals surface area contributed by atoms with Gasteiger partial charge in [-0.25, -0.2) is 0 Å². The van der Waals surface area contributed by atoms with Crippen molar-refractivity contribution in [3.05, 3.63) is 12.4 Å². The zero-order valence-corrected chi connectivity index (χ0v) is 9.75. The molecule has 0 radical (unpaired) electrons. The minimum absolute atomic E-state index is 0.00346. The first-order valence-electron chi connectivity index (χ1n) is 5.89. The van der Waals surface area contributed by atoms with Gasteiger partial charge in [-0.2, -0.15) is 5.10 Å². The Kier molecular flexibility index (Phi) is 3.63. The lowest BCUT2D eigenvalue weighted by atomic mass is 9.91. The van der Waals surface area contributed by atoms with Gasteiger partial charge < -0.3 is 15.7 Å². The van der Waals surface area contributed by atoms with Crippen LogP contribution < -0.4 is 5.73 Å². The minimum atomic E-state index is -0.00755. The van der Waals surface area contributed by atoms with Crippen LogP contribution in [-0.2, 0) is 11.3 Å². The number of aliphatic hydroxyl groups excluding tert-OH is 1. The van der Waals surface area contributed by atoms with Gasteiger partial charge in [-0.1, -0.05) is 0 Å². The van der Waals surface area contributed by atoms with Gasteiger partial charge in [-0.05, 0) is 19.3 Å². The third-order valence-corrected chi connectivity index (χ3v) is 3.13. The molecule has 3 N–H and O–H groups in total. The average molecular weight is 238 g/mol. The van der Waals surface area contributed by atoms with Crippen LogP contribution in [0.5, 0.6) is 0 Å². The average Bonchev–Trinajstić information content (AvgIpc) is 2.60. The smallest absolute Gasteiger partial charge is 0.244 e. The molecular weight excluding hydrogens is 220 g/mol. The Morgan fingerprint density at radius 3 is 2.88 bits per heavy atom. The van der Waals surface area contributed by atoms with Gasteiger partial charge in [-0.15, -0.1) is 0 Å². The lowest BCUT2D eigenvalue weighted by Gasteiger charge is -2.37. The molecule has 1 aromatic rings. The number of amides is 1. The highest BCUT2D eigenvalue weighted by molar-refractivity contribution is 5.76. The van der Waals surface area contributed by atoms with Crippen LogP contribution in [0.1, 0.15) is 19.3 Å². The van der Waals surface area contributed by atoms with Gasteiger partial charge >= 0.3 is 0 Å². The molecule has 6 nitrogen and oxygen atoms in total. The molecule has 1 fully saturated rings. The summed E-state index contributed by atoms with van der Waals surface area (Å²) >= 11 is 0. The third kappa shape index (κ3) is 2.76. The molecule has 1 saturated carbocycles. The minimum Gasteiger partial charge on any atom is -0.396 e. The second-order valence-corrected chi connectivity index (χ2v) is 4.37. The molecule has 0 aromatic carbocycles. The van der Waals surface area contributed by atoms with Crippen molar-refractivity contribution in [1.29, 1.82) is 0 Å². The fraction of sp³-hybridized carbons (Fsp3) is 0.636. The summed E-state index contributed by atoms with van der Waals surface area (Å²) < 4.78 is 1.53. The quantitative estimate of drug-likeness (QED) is 0.746. The van der Waals surface area contributed by atoms with Crippen LogP contribution in [0.2, 0.25) is 0 Å². The largest absolute Gasteiger partial charge is 0.396 e. The molecule has 0 bridgehead atoms. The first-order chi connectivity index (χ1) is 8.20. The topological polar surface area (TPSA) is 84.4 Å². The molecule has 0 saturated heterocycles. The van der Waals surface area contributed by atoms with E-state index in [1.807, 2.05) is 0 Å². The van der Waals surface area contributed by atoms with Gasteiger partial charge in [-0.3, -0.25) is 9.48 Å². The predicted octanol–water partition coefficient (Wildman–Crippen LogP) is -0.161. The van der Waals surface area contributed by atoms with Gasteiger partial charge in [0.05, 0.1) is 18.5 Å². The molecule has 1 aliphatic rings. The van der Waals surface area contributed by atoms with Crippen molar-refractivity contribution in [2.24, 2.45) is 0 Å². The zero-order chi connectivity index (χ0) is 12.3. The fourth-order valence-corrected chi connectivity index (χ4v) is 2.01. The van der Waals surface area contributed by atoms with Crippen molar-refractivity contribution < 1.29 is 9.90 Å². The first-order valence-corrected chi connectivity index (χ1v) is 5.89. The lowest BCUT2D eigenvalue weighted by Crippen LogP contribution is -2.47. The van der Waals surface area contributed by atoms with Crippen LogP contribution in [0.15, 0.2) is 12.4 Å². The summed E-state index contributed by atoms with van der Waals surface area (Å²) in [4.78, 5) is 13.8. The van der Waals surface area contributed by atoms with Crippen molar-refractivity contribution in [2.45, 2.75) is 31.8 Å². The third-order valence-electron chi connectivity index (χ3n) is 3.13. The Balaban J connectivity index is 1.95. The number of nitrogen functional groups attached to an aromatic ring is 1. The summed E-state index contributed by atoms with van der Waals surface area (Å²) in [6, 6.07) is 0.294. The number of nitrogens with two attached hydrogens (primary N) is 1. The molecule has 0 aliphatic heterocycles. The van der Waals surface area contributed by atoms with E-state index < -0.39 is 0 Å². The van der Waals surface area contributed by atoms with Crippen molar-refractivity contribution in [1.82, 2.24) is 14.7 Å². The molecule has 1 heterocycles. The highest BCUT2D eigenvalue weighted by atomic mass is 16.3. The molecule has 2 rings (SSSR count). The predicted molar refractivity (Wildman–Crippen MR) is 63.1 cm³/mol. The van der Waals surface area contributed by atoms with E-state index in [4.69, 9.17) is 10.8 Å². The Labute approximate surface area is 100 Å². The molecule has 94 valence electrons. The van der Waals surface area contributed by atoms with Gasteiger partial charge in [0.2, 0.25) is 5.91 Å². The number of aliphatic hydroxyl groups is 1. The lowest BCUT2D eigenvalue weighted by molar-refractivity contribution is -0.136. The number of carbonyl (C=O) groups is 1. The SMILES string of the molecule is Nc1cnn(CC(=O)N(CCO)C2CCC2)c1. The number of carbonyl (C=O) groups excluding carboxylic acids is 1. The van der Waals surface area contributed by atoms with E-state index in [1.165, 1.54) is 10.9 Å². The van der Waals surface area contributed by atoms with E-state index in [0.717, 1.165) is 19.3 Å². The molecule has 1 aromatic heterocycles. The maximum atomic E-state index is 12.1. The van der Waals surface area contributed by atoms with Crippen molar-refractivity contribution in [2.75, 3.05) is 18.9 Å². The van der Waals surface area contributed by atoms with Crippen LogP contribution >= 0.6 is 0 Å². The van der Waals surface area contributed by atoms with Crippen LogP contribution in [0.25, 0.3) is 0 Å². The second kappa shape index (κ2) is 5.18. The number of nitrogens with zero attached hydrogens (tertiary/aromatic N) is 3. The van der Waals surface area contributed by atoms with E-state index in [2.05, 4.69) is 5.10 Å². The Hall–Kier alpha value is -1.56. The van der Waals surface area contributed by atoms with Crippen molar-refractivity contribution >= 4 is 11.6 Å². The highest BCUT2D eigenvalue weighted by Gasteiger charge is 2.28. The van der Waals surface area contributed by atoms with Gasteiger partial charge in [0, 0.05) is 18.8 Å². The van der Waals surface area contributed by atoms with Crippen molar-refractivity contribution in [3.63, 3.8) is 0 Å². The summed E-state index contributed by atoms with van der Waals surface area (Å²) in [7, 11) is 0. The second-order valence-electron chi connectivity index (χ2n) is 4.37. The van der Waals surface area contributed by atoms with Crippen LogP contribution in [0.3, 0.4) is 0 Å². The maximum Gasteiger partial charge on any atom is 0.244 e. The highest BCUT2D eigenvalue weighted by Crippen LogP contribution is 2.24. The van der Waals surface area contributed by atoms with E-state index >= 15 is 0 Å². The van der Waals surface area contributed by atoms with Crippen LogP contribution in [-0.4, -0.2) is 44.9 Å². The van der Waals surface area contributed by atoms with Gasteiger partial charge in [0.15, 0.2) is 0 Å². The molecule has 17 heavy (non-hydrogen) atoms. The van der Waals surface area contributed by atoms with E-state index in [1.54, 1.807) is 11.1 Å². The number of rotatable bonds is 5. The molecule has 0 unspecified atom stereocenters. The number of aromatic nitrogens is 2. The van der Waals surface area contributed by atoms with Gasteiger partial charge in [0.1, 0.15) is 6.54 Å². The Bertz CT molecular complexity index is 387. The summed E-state index contributed by atoms with van der Waals surface area (Å²) in [5.41, 5.74) is 6.09. The van der Waals surface area contributed by atoms with Crippen LogP contribution in [0.4, 0.5) is 5.69 Å². The summed E-state index contributed by atoms with van der Waals surface area (Å²) in [6.07, 6.45) is 6.39. The number of anilines is 1. The summed E-state index contributed by atoms with van der Waals surface area (Å²) in [5.74, 6) is -0.00755. The maximum absolute atomic E-state index is 12.1. The first kappa shape index (κ1) is 11.9. The molecular formula is C11H18N4O2.